The van der Waals surface area contributed by atoms with Crippen molar-refractivity contribution in [3.8, 4) is 0 Å². The SMILES string of the molecule is C=C/C=C(\C=C)C(=C)CC(C)C. The van der Waals surface area contributed by atoms with Gasteiger partial charge in [0, 0.05) is 0 Å². The van der Waals surface area contributed by atoms with Crippen molar-refractivity contribution in [2.75, 3.05) is 0 Å². The van der Waals surface area contributed by atoms with E-state index in [0.717, 1.165) is 17.6 Å². The van der Waals surface area contributed by atoms with Crippen molar-refractivity contribution in [2.45, 2.75) is 20.3 Å². The molecule has 66 valence electrons. The number of hydrogen-bond acceptors (Lipinski definition) is 0. The maximum absolute atomic E-state index is 4.00. The summed E-state index contributed by atoms with van der Waals surface area (Å²) in [6.07, 6.45) is 6.55. The fraction of sp³-hybridized carbons (Fsp3) is 0.333. The van der Waals surface area contributed by atoms with E-state index >= 15 is 0 Å². The first-order valence-corrected chi connectivity index (χ1v) is 4.25. The van der Waals surface area contributed by atoms with Crippen LogP contribution in [0.3, 0.4) is 0 Å². The summed E-state index contributed by atoms with van der Waals surface area (Å²) in [7, 11) is 0. The molecule has 0 aromatic heterocycles. The van der Waals surface area contributed by atoms with Crippen molar-refractivity contribution in [3.05, 3.63) is 49.1 Å². The lowest BCUT2D eigenvalue weighted by atomic mass is 9.97. The Hall–Kier alpha value is -1.04. The number of allylic oxidation sites excluding steroid dienone is 5. The minimum absolute atomic E-state index is 0.644. The first-order chi connectivity index (χ1) is 5.61. The number of rotatable bonds is 5. The van der Waals surface area contributed by atoms with Gasteiger partial charge in [-0.3, -0.25) is 0 Å². The summed E-state index contributed by atoms with van der Waals surface area (Å²) in [4.78, 5) is 0. The molecule has 12 heavy (non-hydrogen) atoms. The summed E-state index contributed by atoms with van der Waals surface area (Å²) in [5.41, 5.74) is 2.23. The zero-order valence-corrected chi connectivity index (χ0v) is 8.14. The van der Waals surface area contributed by atoms with Crippen LogP contribution in [0.2, 0.25) is 0 Å². The van der Waals surface area contributed by atoms with Gasteiger partial charge < -0.3 is 0 Å². The second-order valence-electron chi connectivity index (χ2n) is 3.26. The molecule has 0 aromatic carbocycles. The average molecular weight is 162 g/mol. The quantitative estimate of drug-likeness (QED) is 0.538. The van der Waals surface area contributed by atoms with Crippen LogP contribution < -0.4 is 0 Å². The van der Waals surface area contributed by atoms with E-state index in [1.807, 2.05) is 12.2 Å². The Labute approximate surface area is 76.0 Å². The van der Waals surface area contributed by atoms with Gasteiger partial charge in [-0.05, 0) is 23.5 Å². The predicted octanol–water partition coefficient (Wildman–Crippen LogP) is 3.89. The lowest BCUT2D eigenvalue weighted by molar-refractivity contribution is 0.648. The van der Waals surface area contributed by atoms with E-state index in [-0.39, 0.29) is 0 Å². The highest BCUT2D eigenvalue weighted by Gasteiger charge is 2.00. The molecule has 0 rings (SSSR count). The molecule has 0 saturated heterocycles. The summed E-state index contributed by atoms with van der Waals surface area (Å²) in [5.74, 6) is 0.644. The summed E-state index contributed by atoms with van der Waals surface area (Å²) in [5, 5.41) is 0. The van der Waals surface area contributed by atoms with Crippen LogP contribution in [-0.4, -0.2) is 0 Å². The molecular weight excluding hydrogens is 144 g/mol. The predicted molar refractivity (Wildman–Crippen MR) is 57.1 cm³/mol. The summed E-state index contributed by atoms with van der Waals surface area (Å²) < 4.78 is 0. The second kappa shape index (κ2) is 5.59. The van der Waals surface area contributed by atoms with Crippen LogP contribution in [0, 0.1) is 5.92 Å². The largest absolute Gasteiger partial charge is 0.0990 e. The third-order valence-electron chi connectivity index (χ3n) is 1.58. The first-order valence-electron chi connectivity index (χ1n) is 4.25. The van der Waals surface area contributed by atoms with Gasteiger partial charge >= 0.3 is 0 Å². The standard InChI is InChI=1S/C12H18/c1-6-8-12(7-2)11(5)9-10(3)4/h6-8,10H,1-2,5,9H2,3-4H3/b12-8+. The third-order valence-corrected chi connectivity index (χ3v) is 1.58. The minimum Gasteiger partial charge on any atom is -0.0990 e. The van der Waals surface area contributed by atoms with Crippen LogP contribution in [0.4, 0.5) is 0 Å². The summed E-state index contributed by atoms with van der Waals surface area (Å²) in [6, 6.07) is 0. The van der Waals surface area contributed by atoms with Gasteiger partial charge in [-0.25, -0.2) is 0 Å². The van der Waals surface area contributed by atoms with Crippen molar-refractivity contribution < 1.29 is 0 Å². The highest BCUT2D eigenvalue weighted by atomic mass is 14.1. The Morgan fingerprint density at radius 1 is 1.33 bits per heavy atom. The van der Waals surface area contributed by atoms with Crippen molar-refractivity contribution in [2.24, 2.45) is 5.92 Å². The topological polar surface area (TPSA) is 0 Å². The average Bonchev–Trinajstić information content (AvgIpc) is 1.98. The molecule has 0 aliphatic carbocycles. The molecule has 0 bridgehead atoms. The molecule has 0 saturated carbocycles. The Balaban J connectivity index is 4.32. The maximum atomic E-state index is 4.00. The van der Waals surface area contributed by atoms with Gasteiger partial charge in [0.05, 0.1) is 0 Å². The second-order valence-corrected chi connectivity index (χ2v) is 3.26. The molecule has 0 aliphatic heterocycles. The molecule has 0 heterocycles. The van der Waals surface area contributed by atoms with Crippen LogP contribution in [-0.2, 0) is 0 Å². The van der Waals surface area contributed by atoms with Crippen molar-refractivity contribution in [3.63, 3.8) is 0 Å². The van der Waals surface area contributed by atoms with E-state index in [4.69, 9.17) is 0 Å². The van der Waals surface area contributed by atoms with E-state index in [1.54, 1.807) is 6.08 Å². The van der Waals surface area contributed by atoms with Gasteiger partial charge in [-0.15, -0.1) is 0 Å². The molecule has 0 spiro atoms. The monoisotopic (exact) mass is 162 g/mol. The normalized spacial score (nSPS) is 11.4. The van der Waals surface area contributed by atoms with Crippen LogP contribution in [0.25, 0.3) is 0 Å². The van der Waals surface area contributed by atoms with Gasteiger partial charge in [0.1, 0.15) is 0 Å². The molecule has 0 radical (unpaired) electrons. The first kappa shape index (κ1) is 11.0. The molecule has 0 atom stereocenters. The van der Waals surface area contributed by atoms with E-state index in [9.17, 15) is 0 Å². The van der Waals surface area contributed by atoms with Crippen molar-refractivity contribution in [1.82, 2.24) is 0 Å². The molecule has 0 amide bonds. The van der Waals surface area contributed by atoms with Crippen molar-refractivity contribution >= 4 is 0 Å². The van der Waals surface area contributed by atoms with Crippen LogP contribution in [0.5, 0.6) is 0 Å². The van der Waals surface area contributed by atoms with Gasteiger partial charge in [-0.2, -0.15) is 0 Å². The van der Waals surface area contributed by atoms with E-state index in [0.29, 0.717) is 5.92 Å². The molecule has 0 N–H and O–H groups in total. The highest BCUT2D eigenvalue weighted by molar-refractivity contribution is 5.39. The Bertz CT molecular complexity index is 204. The third kappa shape index (κ3) is 3.97. The summed E-state index contributed by atoms with van der Waals surface area (Å²) in [6.45, 7) is 15.7. The minimum atomic E-state index is 0.644. The smallest absolute Gasteiger partial charge is 0.0236 e. The molecule has 0 fully saturated rings. The van der Waals surface area contributed by atoms with Crippen LogP contribution in [0.15, 0.2) is 49.1 Å². The van der Waals surface area contributed by atoms with Gasteiger partial charge in [-0.1, -0.05) is 51.8 Å². The molecule has 0 nitrogen and oxygen atoms in total. The van der Waals surface area contributed by atoms with Crippen LogP contribution >= 0.6 is 0 Å². The zero-order valence-electron chi connectivity index (χ0n) is 8.14. The molecule has 0 unspecified atom stereocenters. The fourth-order valence-corrected chi connectivity index (χ4v) is 1.07. The Morgan fingerprint density at radius 2 is 1.92 bits per heavy atom. The highest BCUT2D eigenvalue weighted by Crippen LogP contribution is 2.17. The van der Waals surface area contributed by atoms with E-state index in [1.165, 1.54) is 0 Å². The van der Waals surface area contributed by atoms with Gasteiger partial charge in [0.2, 0.25) is 0 Å². The van der Waals surface area contributed by atoms with Crippen LogP contribution in [0.1, 0.15) is 20.3 Å². The van der Waals surface area contributed by atoms with E-state index in [2.05, 4.69) is 33.6 Å². The molecule has 0 heteroatoms. The molecule has 0 aromatic rings. The van der Waals surface area contributed by atoms with Gasteiger partial charge in [0.15, 0.2) is 0 Å². The lowest BCUT2D eigenvalue weighted by Crippen LogP contribution is -1.92. The fourth-order valence-electron chi connectivity index (χ4n) is 1.07. The molecule has 0 aliphatic rings. The van der Waals surface area contributed by atoms with E-state index < -0.39 is 0 Å². The Kier molecular flexibility index (Phi) is 5.11. The Morgan fingerprint density at radius 3 is 2.25 bits per heavy atom. The van der Waals surface area contributed by atoms with Gasteiger partial charge in [0.25, 0.3) is 0 Å². The summed E-state index contributed by atoms with van der Waals surface area (Å²) >= 11 is 0. The zero-order chi connectivity index (χ0) is 9.56. The number of hydrogen-bond donors (Lipinski definition) is 0. The lowest BCUT2D eigenvalue weighted by Gasteiger charge is -2.08. The van der Waals surface area contributed by atoms with Crippen molar-refractivity contribution in [1.29, 1.82) is 0 Å². The maximum Gasteiger partial charge on any atom is -0.0236 e. The molecular formula is C12H18.